The van der Waals surface area contributed by atoms with Crippen LogP contribution in [0.15, 0.2) is 12.0 Å². The molecule has 0 aromatic rings. The Bertz CT molecular complexity index is 484. The van der Waals surface area contributed by atoms with E-state index in [-0.39, 0.29) is 17.0 Å². The van der Waals surface area contributed by atoms with Crippen LogP contribution in [0.3, 0.4) is 0 Å². The number of β-lactam (4-membered cyclic amide) rings is 1. The third kappa shape index (κ3) is 2.23. The third-order valence-electron chi connectivity index (χ3n) is 2.15. The molecule has 0 N–H and O–H groups in total. The Balaban J connectivity index is 2.13. The highest BCUT2D eigenvalue weighted by Gasteiger charge is 2.49. The lowest BCUT2D eigenvalue weighted by Crippen LogP contribution is -2.49. The van der Waals surface area contributed by atoms with Gasteiger partial charge in [0.2, 0.25) is 5.91 Å². The number of fused-ring (bicyclic) bond motifs is 1. The molecule has 1 saturated heterocycles. The maximum atomic E-state index is 12.0. The quantitative estimate of drug-likeness (QED) is 0.431. The van der Waals surface area contributed by atoms with Crippen molar-refractivity contribution in [3.63, 3.8) is 0 Å². The summed E-state index contributed by atoms with van der Waals surface area (Å²) in [7, 11) is -5.65. The molecule has 10 heteroatoms. The molecule has 0 unspecified atom stereocenters. The second kappa shape index (κ2) is 3.80. The molecule has 2 aliphatic heterocycles. The van der Waals surface area contributed by atoms with E-state index in [1.54, 1.807) is 0 Å². The molecule has 96 valence electrons. The zero-order chi connectivity index (χ0) is 12.8. The van der Waals surface area contributed by atoms with Crippen LogP contribution >= 0.6 is 11.8 Å². The highest BCUT2D eigenvalue weighted by Crippen LogP contribution is 2.37. The molecule has 0 spiro atoms. The molecule has 0 saturated carbocycles. The number of alkyl halides is 3. The smallest absolute Gasteiger partial charge is 0.378 e. The van der Waals surface area contributed by atoms with Crippen LogP contribution in [0.1, 0.15) is 6.42 Å². The first kappa shape index (κ1) is 12.6. The Hall–Kier alpha value is -0.900. The lowest BCUT2D eigenvalue weighted by Gasteiger charge is -2.40. The van der Waals surface area contributed by atoms with E-state index in [4.69, 9.17) is 0 Å². The lowest BCUT2D eigenvalue weighted by atomic mass is 10.2. The average molecular weight is 289 g/mol. The van der Waals surface area contributed by atoms with Crippen molar-refractivity contribution in [2.75, 3.05) is 5.75 Å². The third-order valence-corrected chi connectivity index (χ3v) is 4.38. The SMILES string of the molecule is O=C1C[C@@H]2SCC(OS(=O)(=O)C(F)(F)F)=CN12. The molecule has 0 aromatic carbocycles. The molecular weight excluding hydrogens is 283 g/mol. The van der Waals surface area contributed by atoms with Crippen molar-refractivity contribution >= 4 is 27.8 Å². The van der Waals surface area contributed by atoms with Gasteiger partial charge in [-0.1, -0.05) is 0 Å². The average Bonchev–Trinajstić information content (AvgIpc) is 2.17. The Labute approximate surface area is 98.7 Å². The number of halogens is 3. The van der Waals surface area contributed by atoms with Crippen LogP contribution in [0.5, 0.6) is 0 Å². The Morgan fingerprint density at radius 1 is 1.47 bits per heavy atom. The summed E-state index contributed by atoms with van der Waals surface area (Å²) in [4.78, 5) is 12.2. The molecule has 2 aliphatic rings. The summed E-state index contributed by atoms with van der Waals surface area (Å²) in [6.45, 7) is 0. The summed E-state index contributed by atoms with van der Waals surface area (Å²) in [5.41, 5.74) is -5.46. The number of hydrogen-bond acceptors (Lipinski definition) is 5. The van der Waals surface area contributed by atoms with Crippen LogP contribution in [0.2, 0.25) is 0 Å². The van der Waals surface area contributed by atoms with Crippen LogP contribution in [-0.2, 0) is 19.1 Å². The predicted octanol–water partition coefficient (Wildman–Crippen LogP) is 0.999. The van der Waals surface area contributed by atoms with Gasteiger partial charge in [-0.3, -0.25) is 4.79 Å². The van der Waals surface area contributed by atoms with E-state index in [1.165, 1.54) is 0 Å². The van der Waals surface area contributed by atoms with E-state index in [1.807, 2.05) is 0 Å². The van der Waals surface area contributed by atoms with Crippen LogP contribution in [-0.4, -0.2) is 35.9 Å². The fourth-order valence-corrected chi connectivity index (χ4v) is 2.94. The Kier molecular flexibility index (Phi) is 2.81. The summed E-state index contributed by atoms with van der Waals surface area (Å²) >= 11 is 1.16. The fourth-order valence-electron chi connectivity index (χ4n) is 1.30. The van der Waals surface area contributed by atoms with Crippen molar-refractivity contribution in [3.8, 4) is 0 Å². The van der Waals surface area contributed by atoms with Gasteiger partial charge in [-0.25, -0.2) is 0 Å². The van der Waals surface area contributed by atoms with Gasteiger partial charge in [0.25, 0.3) is 0 Å². The van der Waals surface area contributed by atoms with E-state index < -0.39 is 21.4 Å². The molecule has 0 bridgehead atoms. The normalized spacial score (nSPS) is 24.9. The van der Waals surface area contributed by atoms with E-state index in [0.29, 0.717) is 6.42 Å². The fraction of sp³-hybridized carbons (Fsp3) is 0.571. The van der Waals surface area contributed by atoms with E-state index in [9.17, 15) is 26.4 Å². The molecular formula is C7H6F3NO4S2. The van der Waals surface area contributed by atoms with Crippen molar-refractivity contribution in [2.24, 2.45) is 0 Å². The Morgan fingerprint density at radius 3 is 2.65 bits per heavy atom. The summed E-state index contributed by atoms with van der Waals surface area (Å²) in [5.74, 6) is -0.673. The number of thioether (sulfide) groups is 1. The lowest BCUT2D eigenvalue weighted by molar-refractivity contribution is -0.137. The zero-order valence-electron chi connectivity index (χ0n) is 8.10. The predicted molar refractivity (Wildman–Crippen MR) is 51.9 cm³/mol. The summed E-state index contributed by atoms with van der Waals surface area (Å²) in [6, 6.07) is 0. The van der Waals surface area contributed by atoms with Gasteiger partial charge in [0, 0.05) is 6.20 Å². The summed E-state index contributed by atoms with van der Waals surface area (Å²) in [5, 5.41) is -0.122. The van der Waals surface area contributed by atoms with Gasteiger partial charge in [0.05, 0.1) is 17.5 Å². The standard InChI is InChI=1S/C7H6F3NO4S2/c8-7(9,10)17(13,14)15-4-2-11-5(12)1-6(11)16-3-4/h2,6H,1,3H2/t6-/m0/s1. The molecule has 0 radical (unpaired) electrons. The van der Waals surface area contributed by atoms with Gasteiger partial charge in [0.1, 0.15) is 5.76 Å². The van der Waals surface area contributed by atoms with Crippen LogP contribution in [0.25, 0.3) is 0 Å². The van der Waals surface area contributed by atoms with Crippen molar-refractivity contribution in [1.29, 1.82) is 0 Å². The molecule has 1 fully saturated rings. The number of carbonyl (C=O) groups excluding carboxylic acids is 1. The first-order chi connectivity index (χ1) is 7.71. The summed E-state index contributed by atoms with van der Waals surface area (Å²) in [6.07, 6.45) is 1.32. The molecule has 2 rings (SSSR count). The number of hydrogen-bond donors (Lipinski definition) is 0. The molecule has 0 aliphatic carbocycles. The number of nitrogens with zero attached hydrogens (tertiary/aromatic N) is 1. The van der Waals surface area contributed by atoms with Crippen LogP contribution < -0.4 is 0 Å². The van der Waals surface area contributed by atoms with Gasteiger partial charge in [0.15, 0.2) is 0 Å². The van der Waals surface area contributed by atoms with Crippen LogP contribution in [0.4, 0.5) is 13.2 Å². The van der Waals surface area contributed by atoms with Gasteiger partial charge in [-0.15, -0.1) is 11.8 Å². The molecule has 5 nitrogen and oxygen atoms in total. The monoisotopic (exact) mass is 289 g/mol. The number of amides is 1. The van der Waals surface area contributed by atoms with Crippen molar-refractivity contribution in [2.45, 2.75) is 17.3 Å². The van der Waals surface area contributed by atoms with E-state index in [2.05, 4.69) is 4.18 Å². The van der Waals surface area contributed by atoms with Crippen molar-refractivity contribution in [1.82, 2.24) is 4.90 Å². The maximum Gasteiger partial charge on any atom is 0.534 e. The van der Waals surface area contributed by atoms with Crippen molar-refractivity contribution < 1.29 is 30.6 Å². The van der Waals surface area contributed by atoms with Gasteiger partial charge in [-0.05, 0) is 0 Å². The maximum absolute atomic E-state index is 12.0. The second-order valence-electron chi connectivity index (χ2n) is 3.35. The first-order valence-electron chi connectivity index (χ1n) is 4.35. The van der Waals surface area contributed by atoms with E-state index >= 15 is 0 Å². The largest absolute Gasteiger partial charge is 0.534 e. The highest BCUT2D eigenvalue weighted by molar-refractivity contribution is 8.00. The number of rotatable bonds is 2. The van der Waals surface area contributed by atoms with Gasteiger partial charge >= 0.3 is 15.6 Å². The van der Waals surface area contributed by atoms with Gasteiger partial charge in [-0.2, -0.15) is 21.6 Å². The molecule has 17 heavy (non-hydrogen) atoms. The topological polar surface area (TPSA) is 63.7 Å². The van der Waals surface area contributed by atoms with Crippen LogP contribution in [0, 0.1) is 0 Å². The van der Waals surface area contributed by atoms with Crippen molar-refractivity contribution in [3.05, 3.63) is 12.0 Å². The first-order valence-corrected chi connectivity index (χ1v) is 6.80. The molecule has 1 atom stereocenters. The van der Waals surface area contributed by atoms with Gasteiger partial charge < -0.3 is 9.08 Å². The zero-order valence-corrected chi connectivity index (χ0v) is 9.73. The molecule has 1 amide bonds. The second-order valence-corrected chi connectivity index (χ2v) is 6.05. The minimum atomic E-state index is -5.65. The number of carbonyl (C=O) groups is 1. The highest BCUT2D eigenvalue weighted by atomic mass is 32.2. The minimum Gasteiger partial charge on any atom is -0.378 e. The minimum absolute atomic E-state index is 0.0102. The molecule has 2 heterocycles. The Morgan fingerprint density at radius 2 is 2.12 bits per heavy atom. The summed E-state index contributed by atoms with van der Waals surface area (Å²) < 4.78 is 61.4. The molecule has 0 aromatic heterocycles. The van der Waals surface area contributed by atoms with E-state index in [0.717, 1.165) is 22.9 Å².